The highest BCUT2D eigenvalue weighted by atomic mass is 35.5. The van der Waals surface area contributed by atoms with Crippen LogP contribution in [-0.2, 0) is 0 Å². The molecule has 19 heavy (non-hydrogen) atoms. The van der Waals surface area contributed by atoms with Crippen LogP contribution < -0.4 is 0 Å². The van der Waals surface area contributed by atoms with E-state index < -0.39 is 0 Å². The number of aryl methyl sites for hydroxylation is 2. The predicted molar refractivity (Wildman–Crippen MR) is 83.0 cm³/mol. The van der Waals surface area contributed by atoms with Gasteiger partial charge in [-0.05, 0) is 87.2 Å². The lowest BCUT2D eigenvalue weighted by molar-refractivity contribution is -0.0548. The summed E-state index contributed by atoms with van der Waals surface area (Å²) in [5, 5.41) is 0.277. The molecule has 2 heteroatoms. The van der Waals surface area contributed by atoms with E-state index in [0.29, 0.717) is 5.41 Å². The minimum atomic E-state index is 0.277. The fourth-order valence-corrected chi connectivity index (χ4v) is 7.41. The number of thiophene rings is 1. The second-order valence-corrected chi connectivity index (χ2v) is 9.27. The molecule has 4 saturated carbocycles. The molecule has 0 aromatic carbocycles. The van der Waals surface area contributed by atoms with Gasteiger partial charge < -0.3 is 0 Å². The van der Waals surface area contributed by atoms with Gasteiger partial charge in [-0.1, -0.05) is 0 Å². The van der Waals surface area contributed by atoms with E-state index in [1.165, 1.54) is 53.8 Å². The molecule has 0 N–H and O–H groups in total. The largest absolute Gasteiger partial charge is 0.144 e. The van der Waals surface area contributed by atoms with Crippen molar-refractivity contribution in [2.75, 3.05) is 0 Å². The summed E-state index contributed by atoms with van der Waals surface area (Å²) in [6.07, 6.45) is 8.73. The van der Waals surface area contributed by atoms with Crippen LogP contribution in [0.2, 0.25) is 0 Å². The van der Waals surface area contributed by atoms with Crippen LogP contribution in [0.3, 0.4) is 0 Å². The van der Waals surface area contributed by atoms with Gasteiger partial charge in [0.1, 0.15) is 0 Å². The van der Waals surface area contributed by atoms with Gasteiger partial charge in [-0.15, -0.1) is 22.9 Å². The van der Waals surface area contributed by atoms with Gasteiger partial charge in [0, 0.05) is 9.75 Å². The molecule has 0 nitrogen and oxygen atoms in total. The highest BCUT2D eigenvalue weighted by Gasteiger charge is 2.54. The van der Waals surface area contributed by atoms with Gasteiger partial charge in [-0.25, -0.2) is 0 Å². The molecule has 104 valence electrons. The van der Waals surface area contributed by atoms with Crippen molar-refractivity contribution in [3.63, 3.8) is 0 Å². The third-order valence-electron chi connectivity index (χ3n) is 5.93. The minimum absolute atomic E-state index is 0.277. The van der Waals surface area contributed by atoms with Crippen LogP contribution in [0.25, 0.3) is 0 Å². The fourth-order valence-electron chi connectivity index (χ4n) is 5.68. The van der Waals surface area contributed by atoms with Crippen LogP contribution in [0.5, 0.6) is 0 Å². The monoisotopic (exact) mass is 294 g/mol. The number of rotatable bonds is 2. The Morgan fingerprint density at radius 1 is 1.11 bits per heavy atom. The lowest BCUT2D eigenvalue weighted by Gasteiger charge is -2.58. The van der Waals surface area contributed by atoms with Crippen molar-refractivity contribution in [3.05, 3.63) is 21.4 Å². The first kappa shape index (κ1) is 12.7. The van der Waals surface area contributed by atoms with Gasteiger partial charge >= 0.3 is 0 Å². The standard InChI is InChI=1S/C17H23ClS/c1-10-3-11(2)19-15(10)16(18)17-7-12-4-13(8-17)6-14(5-12)9-17/h3,12-14,16H,4-9H2,1-2H3. The summed E-state index contributed by atoms with van der Waals surface area (Å²) in [6.45, 7) is 4.46. The molecule has 1 aromatic rings. The first-order valence-corrected chi connectivity index (χ1v) is 9.02. The van der Waals surface area contributed by atoms with Gasteiger partial charge in [0.25, 0.3) is 0 Å². The van der Waals surface area contributed by atoms with Crippen LogP contribution in [-0.4, -0.2) is 0 Å². The highest BCUT2D eigenvalue weighted by molar-refractivity contribution is 7.12. The zero-order valence-corrected chi connectivity index (χ0v) is 13.5. The number of hydrogen-bond acceptors (Lipinski definition) is 1. The van der Waals surface area contributed by atoms with Crippen LogP contribution >= 0.6 is 22.9 Å². The van der Waals surface area contributed by atoms with Gasteiger partial charge in [-0.3, -0.25) is 0 Å². The SMILES string of the molecule is Cc1cc(C)c(C(Cl)C23CC4CC(CC(C4)C2)C3)s1. The number of hydrogen-bond donors (Lipinski definition) is 0. The van der Waals surface area contributed by atoms with Crippen molar-refractivity contribution in [3.8, 4) is 0 Å². The molecule has 1 heterocycles. The Kier molecular flexibility index (Phi) is 2.84. The third kappa shape index (κ3) is 1.92. The summed E-state index contributed by atoms with van der Waals surface area (Å²) in [6, 6.07) is 2.32. The van der Waals surface area contributed by atoms with Crippen molar-refractivity contribution in [2.45, 2.75) is 57.7 Å². The van der Waals surface area contributed by atoms with E-state index in [4.69, 9.17) is 11.6 Å². The van der Waals surface area contributed by atoms with Crippen LogP contribution in [0.4, 0.5) is 0 Å². The zero-order chi connectivity index (χ0) is 13.2. The molecule has 4 bridgehead atoms. The molecule has 4 aliphatic rings. The first-order valence-electron chi connectivity index (χ1n) is 7.77. The average Bonchev–Trinajstić information content (AvgIpc) is 2.65. The molecule has 0 saturated heterocycles. The Morgan fingerprint density at radius 2 is 1.63 bits per heavy atom. The Bertz CT molecular complexity index is 466. The maximum absolute atomic E-state index is 7.06. The van der Waals surface area contributed by atoms with Gasteiger partial charge in [-0.2, -0.15) is 0 Å². The topological polar surface area (TPSA) is 0 Å². The van der Waals surface area contributed by atoms with Gasteiger partial charge in [0.15, 0.2) is 0 Å². The second-order valence-electron chi connectivity index (χ2n) is 7.55. The van der Waals surface area contributed by atoms with E-state index in [0.717, 1.165) is 17.8 Å². The van der Waals surface area contributed by atoms with Gasteiger partial charge in [0.05, 0.1) is 5.38 Å². The molecule has 1 aromatic heterocycles. The summed E-state index contributed by atoms with van der Waals surface area (Å²) in [4.78, 5) is 2.89. The summed E-state index contributed by atoms with van der Waals surface area (Å²) < 4.78 is 0. The van der Waals surface area contributed by atoms with E-state index in [1.807, 2.05) is 11.3 Å². The normalized spacial score (nSPS) is 41.7. The molecule has 0 aliphatic heterocycles. The Morgan fingerprint density at radius 3 is 2.05 bits per heavy atom. The smallest absolute Gasteiger partial charge is 0.0737 e. The molecule has 0 amide bonds. The maximum atomic E-state index is 7.06. The van der Waals surface area contributed by atoms with Crippen molar-refractivity contribution >= 4 is 22.9 Å². The molecule has 4 aliphatic carbocycles. The van der Waals surface area contributed by atoms with Crippen molar-refractivity contribution in [1.82, 2.24) is 0 Å². The van der Waals surface area contributed by atoms with Crippen molar-refractivity contribution in [1.29, 1.82) is 0 Å². The molecule has 0 spiro atoms. The summed E-state index contributed by atoms with van der Waals surface area (Å²) >= 11 is 9.00. The Hall–Kier alpha value is -0.0100. The third-order valence-corrected chi connectivity index (χ3v) is 7.96. The molecule has 0 radical (unpaired) electrons. The minimum Gasteiger partial charge on any atom is -0.144 e. The van der Waals surface area contributed by atoms with E-state index >= 15 is 0 Å². The van der Waals surface area contributed by atoms with Crippen LogP contribution in [0.1, 0.15) is 59.2 Å². The van der Waals surface area contributed by atoms with Crippen molar-refractivity contribution in [2.24, 2.45) is 23.2 Å². The quantitative estimate of drug-likeness (QED) is 0.599. The summed E-state index contributed by atoms with van der Waals surface area (Å²) in [5.74, 6) is 2.98. The Labute approximate surface area is 125 Å². The zero-order valence-electron chi connectivity index (χ0n) is 11.9. The van der Waals surface area contributed by atoms with E-state index in [-0.39, 0.29) is 5.38 Å². The molecule has 1 unspecified atom stereocenters. The number of halogens is 1. The lowest BCUT2D eigenvalue weighted by atomic mass is 9.48. The predicted octanol–water partition coefficient (Wildman–Crippen LogP) is 5.86. The summed E-state index contributed by atoms with van der Waals surface area (Å²) in [5.41, 5.74) is 1.87. The van der Waals surface area contributed by atoms with E-state index in [1.54, 1.807) is 0 Å². The highest BCUT2D eigenvalue weighted by Crippen LogP contribution is 2.66. The van der Waals surface area contributed by atoms with Gasteiger partial charge in [0.2, 0.25) is 0 Å². The van der Waals surface area contributed by atoms with Crippen molar-refractivity contribution < 1.29 is 0 Å². The summed E-state index contributed by atoms with van der Waals surface area (Å²) in [7, 11) is 0. The fraction of sp³-hybridized carbons (Fsp3) is 0.765. The average molecular weight is 295 g/mol. The number of alkyl halides is 1. The molecular formula is C17H23ClS. The molecule has 5 rings (SSSR count). The Balaban J connectivity index is 1.69. The van der Waals surface area contributed by atoms with Crippen LogP contribution in [0, 0.1) is 37.0 Å². The molecular weight excluding hydrogens is 272 g/mol. The van der Waals surface area contributed by atoms with E-state index in [9.17, 15) is 0 Å². The van der Waals surface area contributed by atoms with E-state index in [2.05, 4.69) is 19.9 Å². The maximum Gasteiger partial charge on any atom is 0.0737 e. The lowest BCUT2D eigenvalue weighted by Crippen LogP contribution is -2.47. The molecule has 4 fully saturated rings. The van der Waals surface area contributed by atoms with Crippen LogP contribution in [0.15, 0.2) is 6.07 Å². The second kappa shape index (κ2) is 4.24. The molecule has 1 atom stereocenters. The first-order chi connectivity index (χ1) is 9.06.